The summed E-state index contributed by atoms with van der Waals surface area (Å²) in [6, 6.07) is 6.62. The Morgan fingerprint density at radius 1 is 1.16 bits per heavy atom. The molecule has 3 N–H and O–H groups in total. The van der Waals surface area contributed by atoms with Crippen LogP contribution in [0.2, 0.25) is 5.02 Å². The number of hydrogen-bond donors (Lipinski definition) is 3. The molecular formula is C12H16ClF2NO3. The zero-order chi connectivity index (χ0) is 14.3. The lowest BCUT2D eigenvalue weighted by Gasteiger charge is -2.15. The first kappa shape index (κ1) is 16.1. The van der Waals surface area contributed by atoms with E-state index in [0.717, 1.165) is 0 Å². The average molecular weight is 296 g/mol. The molecule has 2 atom stereocenters. The van der Waals surface area contributed by atoms with E-state index in [1.54, 1.807) is 24.3 Å². The second-order valence-corrected chi connectivity index (χ2v) is 4.42. The fourth-order valence-electron chi connectivity index (χ4n) is 1.27. The predicted molar refractivity (Wildman–Crippen MR) is 67.8 cm³/mol. The van der Waals surface area contributed by atoms with Gasteiger partial charge in [0.05, 0.1) is 0 Å². The molecule has 19 heavy (non-hydrogen) atoms. The summed E-state index contributed by atoms with van der Waals surface area (Å²) in [6.07, 6.45) is -5.39. The van der Waals surface area contributed by atoms with Crippen molar-refractivity contribution < 1.29 is 23.7 Å². The highest BCUT2D eigenvalue weighted by atomic mass is 35.5. The van der Waals surface area contributed by atoms with Crippen LogP contribution in [0, 0.1) is 0 Å². The van der Waals surface area contributed by atoms with Gasteiger partial charge in [-0.2, -0.15) is 0 Å². The fourth-order valence-corrected chi connectivity index (χ4v) is 1.40. The molecule has 4 nitrogen and oxygen atoms in total. The molecule has 1 aromatic rings. The van der Waals surface area contributed by atoms with Gasteiger partial charge in [0.1, 0.15) is 24.6 Å². The molecule has 0 aliphatic heterocycles. The van der Waals surface area contributed by atoms with Gasteiger partial charge >= 0.3 is 0 Å². The molecule has 0 saturated carbocycles. The van der Waals surface area contributed by atoms with Gasteiger partial charge in [0, 0.05) is 18.1 Å². The number of aliphatic hydroxyl groups excluding tert-OH is 2. The maximum Gasteiger partial charge on any atom is 0.265 e. The Labute approximate surface area is 115 Å². The molecule has 0 radical (unpaired) electrons. The van der Waals surface area contributed by atoms with Crippen LogP contribution in [-0.2, 0) is 0 Å². The lowest BCUT2D eigenvalue weighted by Crippen LogP contribution is -2.38. The molecule has 0 bridgehead atoms. The maximum absolute atomic E-state index is 12.0. The van der Waals surface area contributed by atoms with Crippen LogP contribution in [0.25, 0.3) is 0 Å². The normalized spacial score (nSPS) is 14.4. The summed E-state index contributed by atoms with van der Waals surface area (Å²) in [7, 11) is 0. The maximum atomic E-state index is 12.0. The summed E-state index contributed by atoms with van der Waals surface area (Å²) in [5.74, 6) is 0.552. The summed E-state index contributed by atoms with van der Waals surface area (Å²) in [6.45, 7) is -0.216. The van der Waals surface area contributed by atoms with Gasteiger partial charge in [0.15, 0.2) is 0 Å². The zero-order valence-corrected chi connectivity index (χ0v) is 10.9. The van der Waals surface area contributed by atoms with Crippen molar-refractivity contribution in [1.29, 1.82) is 0 Å². The first-order valence-electron chi connectivity index (χ1n) is 5.72. The largest absolute Gasteiger partial charge is 0.491 e. The number of hydrogen-bond acceptors (Lipinski definition) is 4. The van der Waals surface area contributed by atoms with Gasteiger partial charge in [-0.1, -0.05) is 11.6 Å². The molecule has 0 spiro atoms. The van der Waals surface area contributed by atoms with Crippen molar-refractivity contribution in [3.8, 4) is 5.75 Å². The number of alkyl halides is 2. The van der Waals surface area contributed by atoms with Crippen molar-refractivity contribution in [3.05, 3.63) is 29.3 Å². The Hall–Kier alpha value is -0.950. The first-order chi connectivity index (χ1) is 8.99. The Kier molecular flexibility index (Phi) is 7.01. The predicted octanol–water partition coefficient (Wildman–Crippen LogP) is 1.30. The molecule has 2 unspecified atom stereocenters. The molecule has 0 heterocycles. The molecule has 0 fully saturated rings. The molecule has 0 amide bonds. The third-order valence-corrected chi connectivity index (χ3v) is 2.53. The summed E-state index contributed by atoms with van der Waals surface area (Å²) in [5, 5.41) is 21.5. The van der Waals surface area contributed by atoms with Gasteiger partial charge < -0.3 is 20.3 Å². The van der Waals surface area contributed by atoms with Gasteiger partial charge in [-0.15, -0.1) is 0 Å². The monoisotopic (exact) mass is 295 g/mol. The molecule has 0 aliphatic rings. The van der Waals surface area contributed by atoms with Crippen molar-refractivity contribution in [2.45, 2.75) is 18.6 Å². The Bertz CT molecular complexity index is 364. The van der Waals surface area contributed by atoms with E-state index in [9.17, 15) is 13.9 Å². The number of benzene rings is 1. The second-order valence-electron chi connectivity index (χ2n) is 3.98. The van der Waals surface area contributed by atoms with Crippen LogP contribution < -0.4 is 10.1 Å². The van der Waals surface area contributed by atoms with Gasteiger partial charge in [-0.25, -0.2) is 8.78 Å². The third-order valence-electron chi connectivity index (χ3n) is 2.28. The van der Waals surface area contributed by atoms with E-state index >= 15 is 0 Å². The number of ether oxygens (including phenoxy) is 1. The standard InChI is InChI=1S/C12H16ClF2NO3/c13-8-1-3-10(4-2-8)19-7-9(17)5-16-6-11(18)12(14)15/h1-4,9,11-12,16-18H,5-7H2. The second kappa shape index (κ2) is 8.27. The van der Waals surface area contributed by atoms with Crippen LogP contribution in [0.5, 0.6) is 5.75 Å². The molecule has 0 aromatic heterocycles. The molecule has 0 aliphatic carbocycles. The average Bonchev–Trinajstić information content (AvgIpc) is 2.37. The lowest BCUT2D eigenvalue weighted by atomic mass is 10.3. The lowest BCUT2D eigenvalue weighted by molar-refractivity contribution is -0.00529. The summed E-state index contributed by atoms with van der Waals surface area (Å²) in [5.41, 5.74) is 0. The SMILES string of the molecule is OC(CNCC(O)C(F)F)COc1ccc(Cl)cc1. The van der Waals surface area contributed by atoms with E-state index in [0.29, 0.717) is 10.8 Å². The van der Waals surface area contributed by atoms with Gasteiger partial charge in [0.2, 0.25) is 0 Å². The smallest absolute Gasteiger partial charge is 0.265 e. The topological polar surface area (TPSA) is 61.7 Å². The van der Waals surface area contributed by atoms with Crippen molar-refractivity contribution >= 4 is 11.6 Å². The molecule has 7 heteroatoms. The minimum absolute atomic E-state index is 0.0133. The summed E-state index contributed by atoms with van der Waals surface area (Å²) in [4.78, 5) is 0. The van der Waals surface area contributed by atoms with E-state index in [1.807, 2.05) is 0 Å². The molecule has 108 valence electrons. The van der Waals surface area contributed by atoms with E-state index in [2.05, 4.69) is 5.32 Å². The van der Waals surface area contributed by atoms with Crippen molar-refractivity contribution in [1.82, 2.24) is 5.32 Å². The molecule has 0 saturated heterocycles. The van der Waals surface area contributed by atoms with Crippen LogP contribution in [0.15, 0.2) is 24.3 Å². The highest BCUT2D eigenvalue weighted by molar-refractivity contribution is 6.30. The number of nitrogens with one attached hydrogen (secondary N) is 1. The quantitative estimate of drug-likeness (QED) is 0.676. The Morgan fingerprint density at radius 3 is 2.37 bits per heavy atom. The van der Waals surface area contributed by atoms with Gasteiger partial charge in [0.25, 0.3) is 6.43 Å². The minimum Gasteiger partial charge on any atom is -0.491 e. The fraction of sp³-hybridized carbons (Fsp3) is 0.500. The first-order valence-corrected chi connectivity index (χ1v) is 6.10. The van der Waals surface area contributed by atoms with Crippen LogP contribution >= 0.6 is 11.6 Å². The van der Waals surface area contributed by atoms with Crippen molar-refractivity contribution in [2.24, 2.45) is 0 Å². The van der Waals surface area contributed by atoms with E-state index in [1.165, 1.54) is 0 Å². The number of rotatable bonds is 8. The van der Waals surface area contributed by atoms with Gasteiger partial charge in [-0.05, 0) is 24.3 Å². The molecule has 1 aromatic carbocycles. The minimum atomic E-state index is -2.80. The van der Waals surface area contributed by atoms with Gasteiger partial charge in [-0.3, -0.25) is 0 Å². The van der Waals surface area contributed by atoms with Crippen LogP contribution in [0.1, 0.15) is 0 Å². The molecular weight excluding hydrogens is 280 g/mol. The Morgan fingerprint density at radius 2 is 1.79 bits per heavy atom. The van der Waals surface area contributed by atoms with Crippen LogP contribution in [0.4, 0.5) is 8.78 Å². The summed E-state index contributed by atoms with van der Waals surface area (Å²) < 4.78 is 29.2. The van der Waals surface area contributed by atoms with E-state index in [-0.39, 0.29) is 19.7 Å². The number of halogens is 3. The number of aliphatic hydroxyl groups is 2. The van der Waals surface area contributed by atoms with Crippen LogP contribution in [-0.4, -0.2) is 48.5 Å². The molecule has 1 rings (SSSR count). The zero-order valence-electron chi connectivity index (χ0n) is 10.1. The van der Waals surface area contributed by atoms with Crippen molar-refractivity contribution in [3.63, 3.8) is 0 Å². The highest BCUT2D eigenvalue weighted by Crippen LogP contribution is 2.15. The summed E-state index contributed by atoms with van der Waals surface area (Å²) >= 11 is 5.70. The third kappa shape index (κ3) is 6.68. The Balaban J connectivity index is 2.17. The van der Waals surface area contributed by atoms with E-state index < -0.39 is 18.6 Å². The van der Waals surface area contributed by atoms with E-state index in [4.69, 9.17) is 21.4 Å². The van der Waals surface area contributed by atoms with Crippen molar-refractivity contribution in [2.75, 3.05) is 19.7 Å². The van der Waals surface area contributed by atoms with Crippen LogP contribution in [0.3, 0.4) is 0 Å². The highest BCUT2D eigenvalue weighted by Gasteiger charge is 2.16.